The summed E-state index contributed by atoms with van der Waals surface area (Å²) in [6.07, 6.45) is 1.18. The van der Waals surface area contributed by atoms with Crippen molar-refractivity contribution in [3.8, 4) is 11.1 Å². The van der Waals surface area contributed by atoms with Crippen LogP contribution in [0.2, 0.25) is 0 Å². The molecule has 2 amide bonds. The number of carboxylic acid groups (broad SMARTS) is 1. The smallest absolute Gasteiger partial charge is 0.336 e. The highest BCUT2D eigenvalue weighted by Crippen LogP contribution is 2.27. The van der Waals surface area contributed by atoms with E-state index in [9.17, 15) is 19.5 Å². The first kappa shape index (κ1) is 17.4. The highest BCUT2D eigenvalue weighted by molar-refractivity contribution is 6.17. The molecule has 0 aromatic heterocycles. The Morgan fingerprint density at radius 2 is 1.85 bits per heavy atom. The highest BCUT2D eigenvalue weighted by atomic mass is 16.4. The molecule has 1 heterocycles. The number of hydrogen-bond acceptors (Lipinski definition) is 5. The van der Waals surface area contributed by atoms with Crippen molar-refractivity contribution in [2.75, 3.05) is 18.5 Å². The number of carbonyl (C=O) groups excluding carboxylic acids is 2. The van der Waals surface area contributed by atoms with E-state index < -0.39 is 17.8 Å². The number of aliphatic hydroxyl groups is 1. The van der Waals surface area contributed by atoms with Crippen LogP contribution in [0.3, 0.4) is 0 Å². The maximum absolute atomic E-state index is 12.2. The average Bonchev–Trinajstić information content (AvgIpc) is 2.90. The van der Waals surface area contributed by atoms with Crippen molar-refractivity contribution in [3.63, 3.8) is 0 Å². The molecule has 0 fully saturated rings. The number of amides is 2. The van der Waals surface area contributed by atoms with Crippen molar-refractivity contribution < 1.29 is 24.6 Å². The third-order valence-electron chi connectivity index (χ3n) is 3.94. The van der Waals surface area contributed by atoms with Gasteiger partial charge in [0.25, 0.3) is 11.8 Å². The summed E-state index contributed by atoms with van der Waals surface area (Å²) in [6.45, 7) is -0.370. The van der Waals surface area contributed by atoms with E-state index in [0.29, 0.717) is 16.8 Å². The number of hydrogen-bond donors (Lipinski definition) is 3. The second kappa shape index (κ2) is 7.20. The Labute approximate surface area is 149 Å². The van der Waals surface area contributed by atoms with E-state index in [-0.39, 0.29) is 24.4 Å². The van der Waals surface area contributed by atoms with Crippen LogP contribution in [-0.2, 0) is 9.59 Å². The van der Waals surface area contributed by atoms with Gasteiger partial charge in [0.15, 0.2) is 0 Å². The third kappa shape index (κ3) is 3.33. The zero-order valence-corrected chi connectivity index (χ0v) is 13.7. The highest BCUT2D eigenvalue weighted by Gasteiger charge is 2.30. The van der Waals surface area contributed by atoms with Crippen LogP contribution in [0.5, 0.6) is 0 Å². The number of aromatic carboxylic acids is 1. The molecular formula is C19H16N2O5. The Kier molecular flexibility index (Phi) is 4.81. The number of β-amino-alcohol motifs (C(OH)–C–C–N with tert-alkyl or cyclic N) is 1. The molecule has 0 saturated heterocycles. The van der Waals surface area contributed by atoms with Crippen molar-refractivity contribution in [1.29, 1.82) is 0 Å². The van der Waals surface area contributed by atoms with Gasteiger partial charge in [0.05, 0.1) is 18.7 Å². The molecule has 0 atom stereocenters. The molecule has 7 heteroatoms. The maximum Gasteiger partial charge on any atom is 0.336 e. The Morgan fingerprint density at radius 1 is 1.08 bits per heavy atom. The van der Waals surface area contributed by atoms with E-state index >= 15 is 0 Å². The van der Waals surface area contributed by atoms with Crippen LogP contribution in [0, 0.1) is 0 Å². The number of anilines is 1. The SMILES string of the molecule is O=C(O)c1ccccc1-c1cccc(NC2=CC(=O)N(CCO)C2=O)c1. The van der Waals surface area contributed by atoms with Crippen LogP contribution in [-0.4, -0.2) is 46.0 Å². The molecule has 3 rings (SSSR count). The number of rotatable bonds is 6. The number of nitrogens with one attached hydrogen (secondary N) is 1. The second-order valence-electron chi connectivity index (χ2n) is 5.63. The summed E-state index contributed by atoms with van der Waals surface area (Å²) in [5.41, 5.74) is 2.03. The fourth-order valence-corrected chi connectivity index (χ4v) is 2.75. The van der Waals surface area contributed by atoms with E-state index in [1.54, 1.807) is 42.5 Å². The lowest BCUT2D eigenvalue weighted by atomic mass is 9.99. The number of imide groups is 1. The summed E-state index contributed by atoms with van der Waals surface area (Å²) in [6, 6.07) is 13.5. The monoisotopic (exact) mass is 352 g/mol. The summed E-state index contributed by atoms with van der Waals surface area (Å²) in [5.74, 6) is -2.03. The van der Waals surface area contributed by atoms with Crippen molar-refractivity contribution in [3.05, 3.63) is 65.9 Å². The Balaban J connectivity index is 1.88. The predicted octanol–water partition coefficient (Wildman–Crippen LogP) is 1.71. The fraction of sp³-hybridized carbons (Fsp3) is 0.105. The van der Waals surface area contributed by atoms with Gasteiger partial charge in [-0.05, 0) is 29.3 Å². The normalized spacial score (nSPS) is 13.7. The van der Waals surface area contributed by atoms with Gasteiger partial charge in [-0.3, -0.25) is 14.5 Å². The number of carboxylic acids is 1. The largest absolute Gasteiger partial charge is 0.478 e. The van der Waals surface area contributed by atoms with Crippen molar-refractivity contribution >= 4 is 23.5 Å². The van der Waals surface area contributed by atoms with E-state index in [0.717, 1.165) is 4.90 Å². The molecule has 0 spiro atoms. The van der Waals surface area contributed by atoms with Gasteiger partial charge in [0.2, 0.25) is 0 Å². The summed E-state index contributed by atoms with van der Waals surface area (Å²) in [5, 5.41) is 21.2. The van der Waals surface area contributed by atoms with Crippen LogP contribution in [0.1, 0.15) is 10.4 Å². The lowest BCUT2D eigenvalue weighted by Gasteiger charge is -2.14. The molecule has 0 radical (unpaired) electrons. The predicted molar refractivity (Wildman–Crippen MR) is 94.3 cm³/mol. The Bertz CT molecular complexity index is 920. The van der Waals surface area contributed by atoms with E-state index in [1.807, 2.05) is 0 Å². The summed E-state index contributed by atoms with van der Waals surface area (Å²) in [7, 11) is 0. The van der Waals surface area contributed by atoms with Gasteiger partial charge in [-0.1, -0.05) is 30.3 Å². The molecule has 1 aliphatic rings. The topological polar surface area (TPSA) is 107 Å². The zero-order chi connectivity index (χ0) is 18.7. The second-order valence-corrected chi connectivity index (χ2v) is 5.63. The van der Waals surface area contributed by atoms with Crippen LogP contribution in [0.25, 0.3) is 11.1 Å². The molecule has 7 nitrogen and oxygen atoms in total. The van der Waals surface area contributed by atoms with Gasteiger partial charge in [0.1, 0.15) is 5.70 Å². The number of aliphatic hydroxyl groups excluding tert-OH is 1. The fourth-order valence-electron chi connectivity index (χ4n) is 2.75. The summed E-state index contributed by atoms with van der Waals surface area (Å²) in [4.78, 5) is 36.3. The molecule has 132 valence electrons. The molecule has 2 aromatic carbocycles. The van der Waals surface area contributed by atoms with Gasteiger partial charge in [-0.25, -0.2) is 4.79 Å². The Morgan fingerprint density at radius 3 is 2.58 bits per heavy atom. The minimum Gasteiger partial charge on any atom is -0.478 e. The van der Waals surface area contributed by atoms with Gasteiger partial charge in [-0.15, -0.1) is 0 Å². The molecular weight excluding hydrogens is 336 g/mol. The molecule has 26 heavy (non-hydrogen) atoms. The van der Waals surface area contributed by atoms with Crippen LogP contribution in [0.15, 0.2) is 60.3 Å². The molecule has 3 N–H and O–H groups in total. The number of carbonyl (C=O) groups is 3. The third-order valence-corrected chi connectivity index (χ3v) is 3.94. The minimum absolute atomic E-state index is 0.0641. The minimum atomic E-state index is -1.03. The van der Waals surface area contributed by atoms with Gasteiger partial charge >= 0.3 is 5.97 Å². The Hall–Kier alpha value is -3.45. The quantitative estimate of drug-likeness (QED) is 0.683. The van der Waals surface area contributed by atoms with Gasteiger partial charge < -0.3 is 15.5 Å². The lowest BCUT2D eigenvalue weighted by molar-refractivity contribution is -0.137. The van der Waals surface area contributed by atoms with Crippen molar-refractivity contribution in [2.24, 2.45) is 0 Å². The summed E-state index contributed by atoms with van der Waals surface area (Å²) >= 11 is 0. The molecule has 2 aromatic rings. The van der Waals surface area contributed by atoms with Gasteiger partial charge in [-0.2, -0.15) is 0 Å². The van der Waals surface area contributed by atoms with Crippen molar-refractivity contribution in [2.45, 2.75) is 0 Å². The van der Waals surface area contributed by atoms with Crippen LogP contribution < -0.4 is 5.32 Å². The molecule has 0 saturated carbocycles. The number of benzene rings is 2. The van der Waals surface area contributed by atoms with E-state index in [1.165, 1.54) is 12.1 Å². The average molecular weight is 352 g/mol. The molecule has 1 aliphatic heterocycles. The van der Waals surface area contributed by atoms with Crippen molar-refractivity contribution in [1.82, 2.24) is 4.90 Å². The number of nitrogens with zero attached hydrogens (tertiary/aromatic N) is 1. The lowest BCUT2D eigenvalue weighted by Crippen LogP contribution is -2.34. The first-order valence-corrected chi connectivity index (χ1v) is 7.89. The maximum atomic E-state index is 12.2. The van der Waals surface area contributed by atoms with Crippen LogP contribution in [0.4, 0.5) is 5.69 Å². The standard InChI is InChI=1S/C19H16N2O5/c22-9-8-21-17(23)11-16(18(21)24)20-13-5-3-4-12(10-13)14-6-1-2-7-15(14)19(25)26/h1-7,10-11,20,22H,8-9H2,(H,25,26). The first-order valence-electron chi connectivity index (χ1n) is 7.89. The molecule has 0 unspecified atom stereocenters. The van der Waals surface area contributed by atoms with Gasteiger partial charge in [0, 0.05) is 11.8 Å². The first-order chi connectivity index (χ1) is 12.5. The van der Waals surface area contributed by atoms with E-state index in [4.69, 9.17) is 5.11 Å². The van der Waals surface area contributed by atoms with Crippen LogP contribution >= 0.6 is 0 Å². The van der Waals surface area contributed by atoms with E-state index in [2.05, 4.69) is 5.32 Å². The zero-order valence-electron chi connectivity index (χ0n) is 13.7. The molecule has 0 aliphatic carbocycles. The summed E-state index contributed by atoms with van der Waals surface area (Å²) < 4.78 is 0. The molecule has 0 bridgehead atoms.